The number of alkyl halides is 3. The molecule has 8 heteroatoms. The third-order valence-electron chi connectivity index (χ3n) is 4.31. The number of pyridine rings is 1. The molecule has 1 aromatic carbocycles. The number of guanidine groups is 1. The van der Waals surface area contributed by atoms with E-state index < -0.39 is 11.7 Å². The number of benzene rings is 1. The van der Waals surface area contributed by atoms with E-state index in [9.17, 15) is 18.0 Å². The third kappa shape index (κ3) is 6.44. The number of aryl methyl sites for hydroxylation is 1. The molecular formula is C20H25F3N4O. The Kier molecular flexibility index (Phi) is 7.66. The molecule has 0 fully saturated rings. The molecule has 2 rings (SSSR count). The summed E-state index contributed by atoms with van der Waals surface area (Å²) in [5.41, 5.74) is 0.781. The monoisotopic (exact) mass is 394 g/mol. The number of unbranched alkanes of at least 4 members (excludes halogenated alkanes) is 1. The van der Waals surface area contributed by atoms with Crippen LogP contribution in [-0.4, -0.2) is 24.1 Å². The predicted molar refractivity (Wildman–Crippen MR) is 104 cm³/mol. The van der Waals surface area contributed by atoms with Crippen molar-refractivity contribution in [2.75, 3.05) is 13.6 Å². The van der Waals surface area contributed by atoms with E-state index >= 15 is 0 Å². The van der Waals surface area contributed by atoms with Crippen LogP contribution in [0.1, 0.15) is 29.7 Å². The Bertz CT molecular complexity index is 859. The molecule has 0 radical (unpaired) electrons. The van der Waals surface area contributed by atoms with Gasteiger partial charge in [0.1, 0.15) is 0 Å². The lowest BCUT2D eigenvalue weighted by Crippen LogP contribution is -2.37. The summed E-state index contributed by atoms with van der Waals surface area (Å²) in [6, 6.07) is 10.4. The summed E-state index contributed by atoms with van der Waals surface area (Å²) in [7, 11) is 1.61. The molecule has 0 saturated carbocycles. The first-order valence-corrected chi connectivity index (χ1v) is 9.08. The zero-order chi connectivity index (χ0) is 20.6. The van der Waals surface area contributed by atoms with E-state index in [1.165, 1.54) is 6.07 Å². The minimum Gasteiger partial charge on any atom is -0.356 e. The maximum Gasteiger partial charge on any atom is 0.416 e. The van der Waals surface area contributed by atoms with Crippen molar-refractivity contribution in [1.29, 1.82) is 0 Å². The van der Waals surface area contributed by atoms with Gasteiger partial charge in [-0.2, -0.15) is 13.2 Å². The maximum atomic E-state index is 12.8. The van der Waals surface area contributed by atoms with E-state index in [2.05, 4.69) is 15.6 Å². The van der Waals surface area contributed by atoms with Crippen LogP contribution in [0.5, 0.6) is 0 Å². The van der Waals surface area contributed by atoms with Crippen LogP contribution in [0.15, 0.2) is 52.3 Å². The van der Waals surface area contributed by atoms with Crippen molar-refractivity contribution >= 4 is 5.96 Å². The van der Waals surface area contributed by atoms with Gasteiger partial charge in [-0.15, -0.1) is 0 Å². The second kappa shape index (κ2) is 9.96. The summed E-state index contributed by atoms with van der Waals surface area (Å²) in [6.45, 7) is 3.42. The van der Waals surface area contributed by atoms with Crippen LogP contribution in [0.2, 0.25) is 0 Å². The van der Waals surface area contributed by atoms with Gasteiger partial charge >= 0.3 is 6.18 Å². The number of hydrogen-bond donors (Lipinski definition) is 2. The van der Waals surface area contributed by atoms with Gasteiger partial charge in [-0.25, -0.2) is 0 Å². The van der Waals surface area contributed by atoms with Gasteiger partial charge in [0, 0.05) is 38.4 Å². The molecule has 0 saturated heterocycles. The van der Waals surface area contributed by atoms with Gasteiger partial charge in [-0.1, -0.05) is 18.2 Å². The maximum absolute atomic E-state index is 12.8. The summed E-state index contributed by atoms with van der Waals surface area (Å²) in [4.78, 5) is 15.9. The summed E-state index contributed by atoms with van der Waals surface area (Å²) in [5, 5.41) is 6.14. The summed E-state index contributed by atoms with van der Waals surface area (Å²) >= 11 is 0. The first kappa shape index (κ1) is 21.5. The number of hydrogen-bond acceptors (Lipinski definition) is 2. The molecule has 2 N–H and O–H groups in total. The molecule has 0 aliphatic carbocycles. The standard InChI is InChI=1S/C20H25F3N4O/c1-15-7-5-10-18(28)27(15)12-4-3-11-25-19(24-2)26-14-16-8-6-9-17(13-16)20(21,22)23/h5-10,13H,3-4,11-12,14H2,1-2H3,(H2,24,25,26). The highest BCUT2D eigenvalue weighted by atomic mass is 19.4. The van der Waals surface area contributed by atoms with Gasteiger partial charge in [0.15, 0.2) is 5.96 Å². The number of rotatable bonds is 7. The average Bonchev–Trinajstić information content (AvgIpc) is 2.65. The first-order chi connectivity index (χ1) is 13.3. The highest BCUT2D eigenvalue weighted by Crippen LogP contribution is 2.29. The highest BCUT2D eigenvalue weighted by molar-refractivity contribution is 5.79. The summed E-state index contributed by atoms with van der Waals surface area (Å²) < 4.78 is 40.0. The Labute approximate surface area is 162 Å². The Morgan fingerprint density at radius 2 is 1.86 bits per heavy atom. The predicted octanol–water partition coefficient (Wildman–Crippen LogP) is 3.32. The second-order valence-corrected chi connectivity index (χ2v) is 6.41. The van der Waals surface area contributed by atoms with Crippen molar-refractivity contribution in [3.8, 4) is 0 Å². The van der Waals surface area contributed by atoms with Crippen LogP contribution >= 0.6 is 0 Å². The minimum atomic E-state index is -4.35. The van der Waals surface area contributed by atoms with Crippen LogP contribution in [-0.2, 0) is 19.3 Å². The van der Waals surface area contributed by atoms with Crippen LogP contribution in [0.3, 0.4) is 0 Å². The summed E-state index contributed by atoms with van der Waals surface area (Å²) in [5.74, 6) is 0.519. The molecule has 0 unspecified atom stereocenters. The van der Waals surface area contributed by atoms with Crippen molar-refractivity contribution in [2.24, 2.45) is 4.99 Å². The lowest BCUT2D eigenvalue weighted by molar-refractivity contribution is -0.137. The van der Waals surface area contributed by atoms with Gasteiger partial charge in [0.25, 0.3) is 5.56 Å². The molecule has 2 aromatic rings. The lowest BCUT2D eigenvalue weighted by Gasteiger charge is -2.14. The average molecular weight is 394 g/mol. The normalized spacial score (nSPS) is 12.1. The quantitative estimate of drug-likeness (QED) is 0.430. The SMILES string of the molecule is CN=C(NCCCCn1c(C)cccc1=O)NCc1cccc(C(F)(F)F)c1. The molecule has 0 aliphatic heterocycles. The third-order valence-corrected chi connectivity index (χ3v) is 4.31. The number of aliphatic imine (C=N–C) groups is 1. The fraction of sp³-hybridized carbons (Fsp3) is 0.400. The molecule has 0 atom stereocenters. The van der Waals surface area contributed by atoms with E-state index in [0.29, 0.717) is 24.6 Å². The largest absolute Gasteiger partial charge is 0.416 e. The minimum absolute atomic E-state index is 0.00785. The van der Waals surface area contributed by atoms with Crippen LogP contribution in [0, 0.1) is 6.92 Å². The van der Waals surface area contributed by atoms with Gasteiger partial charge in [-0.3, -0.25) is 9.79 Å². The zero-order valence-corrected chi connectivity index (χ0v) is 16.0. The molecule has 28 heavy (non-hydrogen) atoms. The van der Waals surface area contributed by atoms with Crippen molar-refractivity contribution < 1.29 is 13.2 Å². The number of aromatic nitrogens is 1. The van der Waals surface area contributed by atoms with E-state index in [-0.39, 0.29) is 12.1 Å². The van der Waals surface area contributed by atoms with Crippen molar-refractivity contribution in [3.63, 3.8) is 0 Å². The second-order valence-electron chi connectivity index (χ2n) is 6.41. The topological polar surface area (TPSA) is 58.4 Å². The van der Waals surface area contributed by atoms with Gasteiger partial charge < -0.3 is 15.2 Å². The Morgan fingerprint density at radius 3 is 2.54 bits per heavy atom. The van der Waals surface area contributed by atoms with E-state index in [4.69, 9.17) is 0 Å². The molecule has 0 bridgehead atoms. The first-order valence-electron chi connectivity index (χ1n) is 9.08. The number of nitrogens with one attached hydrogen (secondary N) is 2. The lowest BCUT2D eigenvalue weighted by atomic mass is 10.1. The molecule has 0 amide bonds. The Hall–Kier alpha value is -2.77. The highest BCUT2D eigenvalue weighted by Gasteiger charge is 2.30. The van der Waals surface area contributed by atoms with Gasteiger partial charge in [0.2, 0.25) is 0 Å². The fourth-order valence-electron chi connectivity index (χ4n) is 2.78. The summed E-state index contributed by atoms with van der Waals surface area (Å²) in [6.07, 6.45) is -2.71. The van der Waals surface area contributed by atoms with Gasteiger partial charge in [-0.05, 0) is 43.5 Å². The Balaban J connectivity index is 1.76. The molecular weight excluding hydrogens is 369 g/mol. The smallest absolute Gasteiger partial charge is 0.356 e. The molecule has 0 spiro atoms. The number of halogens is 3. The van der Waals surface area contributed by atoms with E-state index in [1.807, 2.05) is 13.0 Å². The van der Waals surface area contributed by atoms with Crippen molar-refractivity contribution in [2.45, 2.75) is 39.0 Å². The van der Waals surface area contributed by atoms with E-state index in [1.54, 1.807) is 29.8 Å². The zero-order valence-electron chi connectivity index (χ0n) is 16.0. The van der Waals surface area contributed by atoms with Crippen LogP contribution < -0.4 is 16.2 Å². The van der Waals surface area contributed by atoms with Crippen LogP contribution in [0.4, 0.5) is 13.2 Å². The Morgan fingerprint density at radius 1 is 1.11 bits per heavy atom. The van der Waals surface area contributed by atoms with Crippen molar-refractivity contribution in [1.82, 2.24) is 15.2 Å². The molecule has 152 valence electrons. The van der Waals surface area contributed by atoms with Crippen LogP contribution in [0.25, 0.3) is 0 Å². The molecule has 1 aromatic heterocycles. The molecule has 1 heterocycles. The van der Waals surface area contributed by atoms with Gasteiger partial charge in [0.05, 0.1) is 5.56 Å². The fourth-order valence-corrected chi connectivity index (χ4v) is 2.78. The number of nitrogens with zero attached hydrogens (tertiary/aromatic N) is 2. The molecule has 0 aliphatic rings. The van der Waals surface area contributed by atoms with Crippen molar-refractivity contribution in [3.05, 3.63) is 69.6 Å². The molecule has 5 nitrogen and oxygen atoms in total. The van der Waals surface area contributed by atoms with E-state index in [0.717, 1.165) is 30.7 Å².